The third-order valence-corrected chi connectivity index (χ3v) is 4.99. The van der Waals surface area contributed by atoms with Gasteiger partial charge in [-0.1, -0.05) is 60.7 Å². The van der Waals surface area contributed by atoms with Gasteiger partial charge < -0.3 is 0 Å². The van der Waals surface area contributed by atoms with Gasteiger partial charge in [-0.15, -0.1) is 0 Å². The Balaban J connectivity index is 1.27. The van der Waals surface area contributed by atoms with E-state index in [1.54, 1.807) is 0 Å². The van der Waals surface area contributed by atoms with Crippen LogP contribution in [0, 0.1) is 0 Å². The standard InChI is InChI=1S/C23H25N3/c1-2-7-20(8-3-1)9-6-12-25-13-15-26(16-14-25)19-21-17-22-10-4-5-11-23(22)24-18-21/h1-11,17-18H,12-16,19H2. The lowest BCUT2D eigenvalue weighted by atomic mass is 10.1. The monoisotopic (exact) mass is 343 g/mol. The summed E-state index contributed by atoms with van der Waals surface area (Å²) in [6.45, 7) is 6.50. The number of hydrogen-bond donors (Lipinski definition) is 0. The molecule has 26 heavy (non-hydrogen) atoms. The summed E-state index contributed by atoms with van der Waals surface area (Å²) in [5, 5.41) is 1.23. The molecule has 0 spiro atoms. The molecule has 0 saturated carbocycles. The molecule has 1 aromatic heterocycles. The first-order valence-corrected chi connectivity index (χ1v) is 9.37. The summed E-state index contributed by atoms with van der Waals surface area (Å²) in [6, 6.07) is 21.1. The lowest BCUT2D eigenvalue weighted by molar-refractivity contribution is 0.137. The van der Waals surface area contributed by atoms with E-state index in [4.69, 9.17) is 0 Å². The van der Waals surface area contributed by atoms with Gasteiger partial charge in [-0.2, -0.15) is 0 Å². The smallest absolute Gasteiger partial charge is 0.0702 e. The van der Waals surface area contributed by atoms with Crippen molar-refractivity contribution < 1.29 is 0 Å². The molecule has 0 N–H and O–H groups in total. The van der Waals surface area contributed by atoms with Crippen molar-refractivity contribution in [3.05, 3.63) is 84.1 Å². The van der Waals surface area contributed by atoms with E-state index >= 15 is 0 Å². The van der Waals surface area contributed by atoms with E-state index in [1.807, 2.05) is 12.3 Å². The number of rotatable bonds is 5. The predicted octanol–water partition coefficient (Wildman–Crippen LogP) is 4.07. The second-order valence-electron chi connectivity index (χ2n) is 6.93. The Labute approximate surface area is 155 Å². The molecule has 1 saturated heterocycles. The van der Waals surface area contributed by atoms with Crippen molar-refractivity contribution in [3.8, 4) is 0 Å². The highest BCUT2D eigenvalue weighted by atomic mass is 15.3. The highest BCUT2D eigenvalue weighted by Gasteiger charge is 2.16. The van der Waals surface area contributed by atoms with Crippen LogP contribution in [0.4, 0.5) is 0 Å². The molecule has 1 fully saturated rings. The van der Waals surface area contributed by atoms with Gasteiger partial charge in [-0.05, 0) is 23.3 Å². The van der Waals surface area contributed by atoms with Gasteiger partial charge in [0, 0.05) is 50.9 Å². The summed E-state index contributed by atoms with van der Waals surface area (Å²) in [5.74, 6) is 0. The molecule has 0 radical (unpaired) electrons. The fourth-order valence-electron chi connectivity index (χ4n) is 3.49. The molecule has 0 bridgehead atoms. The Kier molecular flexibility index (Phi) is 5.38. The zero-order valence-corrected chi connectivity index (χ0v) is 15.1. The van der Waals surface area contributed by atoms with Crippen LogP contribution in [0.2, 0.25) is 0 Å². The van der Waals surface area contributed by atoms with Crippen molar-refractivity contribution in [1.82, 2.24) is 14.8 Å². The minimum Gasteiger partial charge on any atom is -0.297 e. The summed E-state index contributed by atoms with van der Waals surface area (Å²) < 4.78 is 0. The number of piperazine rings is 1. The van der Waals surface area contributed by atoms with Crippen LogP contribution in [-0.4, -0.2) is 47.5 Å². The van der Waals surface area contributed by atoms with Crippen LogP contribution in [0.5, 0.6) is 0 Å². The number of nitrogens with zero attached hydrogens (tertiary/aromatic N) is 3. The van der Waals surface area contributed by atoms with Crippen LogP contribution >= 0.6 is 0 Å². The normalized spacial score (nSPS) is 16.5. The van der Waals surface area contributed by atoms with Crippen LogP contribution in [0.25, 0.3) is 17.0 Å². The summed E-state index contributed by atoms with van der Waals surface area (Å²) in [7, 11) is 0. The van der Waals surface area contributed by atoms with Crippen molar-refractivity contribution in [2.24, 2.45) is 0 Å². The third kappa shape index (κ3) is 4.37. The van der Waals surface area contributed by atoms with Gasteiger partial charge >= 0.3 is 0 Å². The average Bonchev–Trinajstić information content (AvgIpc) is 2.70. The molecule has 0 aliphatic carbocycles. The van der Waals surface area contributed by atoms with Crippen LogP contribution in [0.1, 0.15) is 11.1 Å². The lowest BCUT2D eigenvalue weighted by Gasteiger charge is -2.34. The molecule has 0 unspecified atom stereocenters. The second-order valence-corrected chi connectivity index (χ2v) is 6.93. The van der Waals surface area contributed by atoms with Crippen LogP contribution in [-0.2, 0) is 6.54 Å². The topological polar surface area (TPSA) is 19.4 Å². The summed E-state index contributed by atoms with van der Waals surface area (Å²) in [4.78, 5) is 9.64. The molecular weight excluding hydrogens is 318 g/mol. The number of pyridine rings is 1. The predicted molar refractivity (Wildman–Crippen MR) is 109 cm³/mol. The molecule has 0 amide bonds. The fraction of sp³-hybridized carbons (Fsp3) is 0.261. The van der Waals surface area contributed by atoms with E-state index in [0.717, 1.165) is 44.8 Å². The number of benzene rings is 2. The molecule has 3 aromatic rings. The molecule has 3 nitrogen and oxygen atoms in total. The van der Waals surface area contributed by atoms with Gasteiger partial charge in [-0.25, -0.2) is 0 Å². The Morgan fingerprint density at radius 2 is 1.58 bits per heavy atom. The quantitative estimate of drug-likeness (QED) is 0.696. The van der Waals surface area contributed by atoms with Crippen LogP contribution in [0.15, 0.2) is 72.9 Å². The van der Waals surface area contributed by atoms with E-state index < -0.39 is 0 Å². The first-order valence-electron chi connectivity index (χ1n) is 9.37. The minimum atomic E-state index is 0.992. The van der Waals surface area contributed by atoms with Crippen molar-refractivity contribution in [2.45, 2.75) is 6.54 Å². The largest absolute Gasteiger partial charge is 0.297 e. The number of para-hydroxylation sites is 1. The summed E-state index contributed by atoms with van der Waals surface area (Å²) in [5.41, 5.74) is 3.65. The molecule has 132 valence electrons. The van der Waals surface area contributed by atoms with Gasteiger partial charge in [0.05, 0.1) is 5.52 Å². The highest BCUT2D eigenvalue weighted by molar-refractivity contribution is 5.78. The van der Waals surface area contributed by atoms with Crippen LogP contribution < -0.4 is 0 Å². The minimum absolute atomic E-state index is 0.992. The SMILES string of the molecule is C(=Cc1ccccc1)CN1CCN(Cc2cnc3ccccc3c2)CC1. The zero-order chi connectivity index (χ0) is 17.6. The lowest BCUT2D eigenvalue weighted by Crippen LogP contribution is -2.45. The van der Waals surface area contributed by atoms with Crippen molar-refractivity contribution in [1.29, 1.82) is 0 Å². The van der Waals surface area contributed by atoms with Gasteiger partial charge in [0.25, 0.3) is 0 Å². The Morgan fingerprint density at radius 1 is 0.846 bits per heavy atom. The van der Waals surface area contributed by atoms with Gasteiger partial charge in [0.1, 0.15) is 0 Å². The maximum Gasteiger partial charge on any atom is 0.0702 e. The van der Waals surface area contributed by atoms with Crippen molar-refractivity contribution in [3.63, 3.8) is 0 Å². The molecule has 3 heteroatoms. The highest BCUT2D eigenvalue weighted by Crippen LogP contribution is 2.15. The molecule has 1 aliphatic rings. The molecule has 1 aliphatic heterocycles. The zero-order valence-electron chi connectivity index (χ0n) is 15.1. The van der Waals surface area contributed by atoms with Gasteiger partial charge in [0.2, 0.25) is 0 Å². The average molecular weight is 343 g/mol. The number of fused-ring (bicyclic) bond motifs is 1. The number of aromatic nitrogens is 1. The summed E-state index contributed by atoms with van der Waals surface area (Å²) >= 11 is 0. The molecule has 2 heterocycles. The summed E-state index contributed by atoms with van der Waals surface area (Å²) in [6.07, 6.45) is 6.52. The maximum atomic E-state index is 4.58. The van der Waals surface area contributed by atoms with E-state index in [9.17, 15) is 0 Å². The van der Waals surface area contributed by atoms with E-state index in [0.29, 0.717) is 0 Å². The maximum absolute atomic E-state index is 4.58. The van der Waals surface area contributed by atoms with Crippen molar-refractivity contribution in [2.75, 3.05) is 32.7 Å². The van der Waals surface area contributed by atoms with Gasteiger partial charge in [0.15, 0.2) is 0 Å². The molecular formula is C23H25N3. The Bertz CT molecular complexity index is 865. The Morgan fingerprint density at radius 3 is 2.42 bits per heavy atom. The number of hydrogen-bond acceptors (Lipinski definition) is 3. The van der Waals surface area contributed by atoms with E-state index in [-0.39, 0.29) is 0 Å². The molecule has 4 rings (SSSR count). The first kappa shape index (κ1) is 17.0. The Hall–Kier alpha value is -2.49. The van der Waals surface area contributed by atoms with E-state index in [2.05, 4.69) is 81.5 Å². The third-order valence-electron chi connectivity index (χ3n) is 4.99. The van der Waals surface area contributed by atoms with Crippen molar-refractivity contribution >= 4 is 17.0 Å². The van der Waals surface area contributed by atoms with Crippen LogP contribution in [0.3, 0.4) is 0 Å². The second kappa shape index (κ2) is 8.26. The van der Waals surface area contributed by atoms with Gasteiger partial charge in [-0.3, -0.25) is 14.8 Å². The first-order chi connectivity index (χ1) is 12.9. The van der Waals surface area contributed by atoms with E-state index in [1.165, 1.54) is 16.5 Å². The molecule has 0 atom stereocenters. The fourth-order valence-corrected chi connectivity index (χ4v) is 3.49. The molecule has 2 aromatic carbocycles.